The lowest BCUT2D eigenvalue weighted by molar-refractivity contribution is -0.120. The van der Waals surface area contributed by atoms with Crippen LogP contribution in [0.15, 0.2) is 91.0 Å². The monoisotopic (exact) mass is 330 g/mol. The Labute approximate surface area is 146 Å². The van der Waals surface area contributed by atoms with Crippen molar-refractivity contribution in [3.05, 3.63) is 102 Å². The second-order valence-electron chi connectivity index (χ2n) is 5.54. The summed E-state index contributed by atoms with van der Waals surface area (Å²) in [7, 11) is 0. The lowest BCUT2D eigenvalue weighted by Crippen LogP contribution is -2.47. The van der Waals surface area contributed by atoms with Crippen LogP contribution in [0.1, 0.15) is 15.9 Å². The lowest BCUT2D eigenvalue weighted by atomic mass is 10.1. The van der Waals surface area contributed by atoms with Crippen molar-refractivity contribution < 1.29 is 9.59 Å². The standard InChI is InChI=1S/C21H18N2O2/c24-20(16-17-10-4-1-5-11-17)22-23(19-14-8-3-9-15-19)21(25)18-12-6-2-7-13-18/h1-15H,16H2,(H,22,24). The van der Waals surface area contributed by atoms with Gasteiger partial charge in [-0.05, 0) is 29.8 Å². The third kappa shape index (κ3) is 4.32. The van der Waals surface area contributed by atoms with Gasteiger partial charge in [-0.25, -0.2) is 5.01 Å². The van der Waals surface area contributed by atoms with Gasteiger partial charge in [-0.15, -0.1) is 0 Å². The van der Waals surface area contributed by atoms with Crippen LogP contribution in [0.2, 0.25) is 0 Å². The molecule has 0 saturated heterocycles. The van der Waals surface area contributed by atoms with E-state index < -0.39 is 0 Å². The molecule has 0 fully saturated rings. The zero-order valence-electron chi connectivity index (χ0n) is 13.6. The second-order valence-corrected chi connectivity index (χ2v) is 5.54. The van der Waals surface area contributed by atoms with Gasteiger partial charge in [0.15, 0.2) is 0 Å². The first-order chi connectivity index (χ1) is 12.2. The summed E-state index contributed by atoms with van der Waals surface area (Å²) < 4.78 is 0. The first kappa shape index (κ1) is 16.5. The maximum atomic E-state index is 12.8. The molecular weight excluding hydrogens is 312 g/mol. The summed E-state index contributed by atoms with van der Waals surface area (Å²) in [4.78, 5) is 25.3. The largest absolute Gasteiger partial charge is 0.277 e. The van der Waals surface area contributed by atoms with E-state index in [4.69, 9.17) is 0 Å². The molecule has 4 heteroatoms. The Kier molecular flexibility index (Phi) is 5.22. The first-order valence-electron chi connectivity index (χ1n) is 8.02. The molecule has 0 aliphatic carbocycles. The molecule has 0 aromatic heterocycles. The smallest absolute Gasteiger partial charge is 0.273 e. The molecule has 0 aliphatic rings. The summed E-state index contributed by atoms with van der Waals surface area (Å²) in [6.07, 6.45) is 0.201. The molecule has 3 rings (SSSR count). The number of amides is 2. The Hall–Kier alpha value is -3.40. The number of anilines is 1. The third-order valence-corrected chi connectivity index (χ3v) is 3.68. The topological polar surface area (TPSA) is 49.4 Å². The molecule has 0 saturated carbocycles. The Morgan fingerprint density at radius 2 is 1.24 bits per heavy atom. The van der Waals surface area contributed by atoms with Gasteiger partial charge in [0.25, 0.3) is 5.91 Å². The summed E-state index contributed by atoms with van der Waals surface area (Å²) in [5, 5.41) is 1.29. The van der Waals surface area contributed by atoms with Gasteiger partial charge in [0.2, 0.25) is 5.91 Å². The number of nitrogens with zero attached hydrogens (tertiary/aromatic N) is 1. The van der Waals surface area contributed by atoms with Crippen LogP contribution in [0.5, 0.6) is 0 Å². The second kappa shape index (κ2) is 7.93. The van der Waals surface area contributed by atoms with Crippen molar-refractivity contribution in [1.82, 2.24) is 5.43 Å². The molecule has 2 amide bonds. The van der Waals surface area contributed by atoms with Gasteiger partial charge in [0, 0.05) is 5.56 Å². The number of hydrogen-bond donors (Lipinski definition) is 1. The van der Waals surface area contributed by atoms with E-state index in [9.17, 15) is 9.59 Å². The fourth-order valence-corrected chi connectivity index (χ4v) is 2.46. The Balaban J connectivity index is 1.82. The average molecular weight is 330 g/mol. The lowest BCUT2D eigenvalue weighted by Gasteiger charge is -2.23. The van der Waals surface area contributed by atoms with Gasteiger partial charge in [-0.2, -0.15) is 0 Å². The fraction of sp³-hybridized carbons (Fsp3) is 0.0476. The van der Waals surface area contributed by atoms with E-state index in [0.717, 1.165) is 5.56 Å². The maximum absolute atomic E-state index is 12.8. The Morgan fingerprint density at radius 1 is 0.720 bits per heavy atom. The van der Waals surface area contributed by atoms with E-state index in [2.05, 4.69) is 5.43 Å². The molecule has 4 nitrogen and oxygen atoms in total. The molecule has 3 aromatic rings. The number of carbonyl (C=O) groups excluding carboxylic acids is 2. The van der Waals surface area contributed by atoms with E-state index in [1.165, 1.54) is 5.01 Å². The van der Waals surface area contributed by atoms with Crippen molar-refractivity contribution in [2.24, 2.45) is 0 Å². The van der Waals surface area contributed by atoms with Crippen LogP contribution >= 0.6 is 0 Å². The highest BCUT2D eigenvalue weighted by Crippen LogP contribution is 2.15. The predicted octanol–water partition coefficient (Wildman–Crippen LogP) is 3.61. The summed E-state index contributed by atoms with van der Waals surface area (Å²) in [6.45, 7) is 0. The molecule has 3 aromatic carbocycles. The molecule has 0 aliphatic heterocycles. The van der Waals surface area contributed by atoms with Crippen molar-refractivity contribution >= 4 is 17.5 Å². The zero-order chi connectivity index (χ0) is 17.5. The van der Waals surface area contributed by atoms with Crippen LogP contribution in [-0.2, 0) is 11.2 Å². The van der Waals surface area contributed by atoms with Gasteiger partial charge in [0.05, 0.1) is 12.1 Å². The van der Waals surface area contributed by atoms with Crippen molar-refractivity contribution in [2.45, 2.75) is 6.42 Å². The number of benzene rings is 3. The quantitative estimate of drug-likeness (QED) is 0.743. The fourth-order valence-electron chi connectivity index (χ4n) is 2.46. The minimum absolute atomic E-state index is 0.201. The first-order valence-corrected chi connectivity index (χ1v) is 8.02. The normalized spacial score (nSPS) is 10.1. The molecule has 124 valence electrons. The molecule has 0 spiro atoms. The van der Waals surface area contributed by atoms with E-state index >= 15 is 0 Å². The highest BCUT2D eigenvalue weighted by atomic mass is 16.2. The van der Waals surface area contributed by atoms with Crippen LogP contribution in [-0.4, -0.2) is 11.8 Å². The van der Waals surface area contributed by atoms with E-state index in [1.54, 1.807) is 36.4 Å². The van der Waals surface area contributed by atoms with Gasteiger partial charge in [-0.3, -0.25) is 15.0 Å². The van der Waals surface area contributed by atoms with E-state index in [-0.39, 0.29) is 18.2 Å². The molecular formula is C21H18N2O2. The third-order valence-electron chi connectivity index (χ3n) is 3.68. The van der Waals surface area contributed by atoms with Gasteiger partial charge in [0.1, 0.15) is 0 Å². The van der Waals surface area contributed by atoms with Crippen molar-refractivity contribution in [3.63, 3.8) is 0 Å². The van der Waals surface area contributed by atoms with Crippen molar-refractivity contribution in [1.29, 1.82) is 0 Å². The predicted molar refractivity (Wildman–Crippen MR) is 98.0 cm³/mol. The Bertz CT molecular complexity index is 834. The Morgan fingerprint density at radius 3 is 1.84 bits per heavy atom. The number of hydrazine groups is 1. The van der Waals surface area contributed by atoms with Crippen molar-refractivity contribution in [3.8, 4) is 0 Å². The SMILES string of the molecule is O=C(Cc1ccccc1)NN(C(=O)c1ccccc1)c1ccccc1. The van der Waals surface area contributed by atoms with Crippen LogP contribution in [0.4, 0.5) is 5.69 Å². The molecule has 0 atom stereocenters. The molecule has 0 heterocycles. The molecule has 25 heavy (non-hydrogen) atoms. The summed E-state index contributed by atoms with van der Waals surface area (Å²) >= 11 is 0. The number of nitrogens with one attached hydrogen (secondary N) is 1. The molecule has 0 unspecified atom stereocenters. The van der Waals surface area contributed by atoms with Crippen LogP contribution < -0.4 is 10.4 Å². The highest BCUT2D eigenvalue weighted by Gasteiger charge is 2.19. The minimum atomic E-state index is -0.284. The molecule has 0 bridgehead atoms. The van der Waals surface area contributed by atoms with Crippen molar-refractivity contribution in [2.75, 3.05) is 5.01 Å². The summed E-state index contributed by atoms with van der Waals surface area (Å²) in [5.41, 5.74) is 4.73. The molecule has 1 N–H and O–H groups in total. The van der Waals surface area contributed by atoms with Crippen LogP contribution in [0, 0.1) is 0 Å². The summed E-state index contributed by atoms with van der Waals surface area (Å²) in [6, 6.07) is 27.4. The summed E-state index contributed by atoms with van der Waals surface area (Å²) in [5.74, 6) is -0.535. The van der Waals surface area contributed by atoms with Crippen LogP contribution in [0.25, 0.3) is 0 Å². The molecule has 0 radical (unpaired) electrons. The number of rotatable bonds is 4. The highest BCUT2D eigenvalue weighted by molar-refractivity contribution is 6.07. The van der Waals surface area contributed by atoms with Gasteiger partial charge in [-0.1, -0.05) is 66.7 Å². The van der Waals surface area contributed by atoms with Crippen LogP contribution in [0.3, 0.4) is 0 Å². The van der Waals surface area contributed by atoms with E-state index in [1.807, 2.05) is 54.6 Å². The number of carbonyl (C=O) groups is 2. The zero-order valence-corrected chi connectivity index (χ0v) is 13.6. The number of hydrogen-bond acceptors (Lipinski definition) is 2. The van der Waals surface area contributed by atoms with E-state index in [0.29, 0.717) is 11.3 Å². The maximum Gasteiger partial charge on any atom is 0.277 e. The average Bonchev–Trinajstić information content (AvgIpc) is 2.68. The van der Waals surface area contributed by atoms with Gasteiger partial charge < -0.3 is 0 Å². The minimum Gasteiger partial charge on any atom is -0.273 e. The number of para-hydroxylation sites is 1. The van der Waals surface area contributed by atoms with Gasteiger partial charge >= 0.3 is 0 Å².